The minimum absolute atomic E-state index is 0.657. The van der Waals surface area contributed by atoms with Gasteiger partial charge in [0.15, 0.2) is 0 Å². The SMILES string of the molecule is CCN(Cc1ccc(C)nc1)C1CCCCC1CN. The Morgan fingerprint density at radius 1 is 1.32 bits per heavy atom. The van der Waals surface area contributed by atoms with Crippen LogP contribution in [0.4, 0.5) is 0 Å². The minimum atomic E-state index is 0.657. The molecule has 0 aliphatic heterocycles. The molecule has 2 atom stereocenters. The first-order valence-corrected chi connectivity index (χ1v) is 7.60. The zero-order valence-corrected chi connectivity index (χ0v) is 12.3. The van der Waals surface area contributed by atoms with E-state index in [1.165, 1.54) is 31.2 Å². The average molecular weight is 261 g/mol. The van der Waals surface area contributed by atoms with Crippen molar-refractivity contribution in [3.63, 3.8) is 0 Å². The average Bonchev–Trinajstić information content (AvgIpc) is 2.46. The molecule has 1 heterocycles. The van der Waals surface area contributed by atoms with Crippen LogP contribution in [0.2, 0.25) is 0 Å². The normalized spacial score (nSPS) is 23.8. The highest BCUT2D eigenvalue weighted by Gasteiger charge is 2.28. The van der Waals surface area contributed by atoms with E-state index in [1.54, 1.807) is 0 Å². The largest absolute Gasteiger partial charge is 0.330 e. The van der Waals surface area contributed by atoms with Gasteiger partial charge in [0.05, 0.1) is 0 Å². The highest BCUT2D eigenvalue weighted by atomic mass is 15.2. The maximum atomic E-state index is 5.96. The second kappa shape index (κ2) is 7.01. The molecule has 106 valence electrons. The van der Waals surface area contributed by atoms with Gasteiger partial charge >= 0.3 is 0 Å². The Hall–Kier alpha value is -0.930. The Labute approximate surface area is 117 Å². The van der Waals surface area contributed by atoms with Gasteiger partial charge in [-0.25, -0.2) is 0 Å². The molecule has 19 heavy (non-hydrogen) atoms. The second-order valence-corrected chi connectivity index (χ2v) is 5.72. The van der Waals surface area contributed by atoms with Gasteiger partial charge in [0.2, 0.25) is 0 Å². The van der Waals surface area contributed by atoms with E-state index in [0.29, 0.717) is 12.0 Å². The number of aryl methyl sites for hydroxylation is 1. The summed E-state index contributed by atoms with van der Waals surface area (Å²) in [6.07, 6.45) is 7.31. The Balaban J connectivity index is 2.04. The summed E-state index contributed by atoms with van der Waals surface area (Å²) < 4.78 is 0. The van der Waals surface area contributed by atoms with Gasteiger partial charge in [0.1, 0.15) is 0 Å². The fraction of sp³-hybridized carbons (Fsp3) is 0.688. The van der Waals surface area contributed by atoms with Crippen LogP contribution in [0.3, 0.4) is 0 Å². The summed E-state index contributed by atoms with van der Waals surface area (Å²) >= 11 is 0. The van der Waals surface area contributed by atoms with E-state index in [9.17, 15) is 0 Å². The van der Waals surface area contributed by atoms with E-state index in [0.717, 1.165) is 25.3 Å². The van der Waals surface area contributed by atoms with Crippen molar-refractivity contribution in [2.24, 2.45) is 11.7 Å². The van der Waals surface area contributed by atoms with Crippen molar-refractivity contribution in [1.29, 1.82) is 0 Å². The van der Waals surface area contributed by atoms with Crippen molar-refractivity contribution >= 4 is 0 Å². The third kappa shape index (κ3) is 3.77. The van der Waals surface area contributed by atoms with Crippen LogP contribution in [0.1, 0.15) is 43.9 Å². The van der Waals surface area contributed by atoms with Crippen LogP contribution >= 0.6 is 0 Å². The lowest BCUT2D eigenvalue weighted by Crippen LogP contribution is -2.44. The van der Waals surface area contributed by atoms with Gasteiger partial charge in [0.25, 0.3) is 0 Å². The van der Waals surface area contributed by atoms with Crippen molar-refractivity contribution in [1.82, 2.24) is 9.88 Å². The molecule has 1 aromatic heterocycles. The summed E-state index contributed by atoms with van der Waals surface area (Å²) in [4.78, 5) is 6.99. The molecule has 1 aliphatic carbocycles. The monoisotopic (exact) mass is 261 g/mol. The van der Waals surface area contributed by atoms with E-state index in [1.807, 2.05) is 13.1 Å². The van der Waals surface area contributed by atoms with Crippen LogP contribution in [0.15, 0.2) is 18.3 Å². The van der Waals surface area contributed by atoms with E-state index in [2.05, 4.69) is 28.9 Å². The maximum Gasteiger partial charge on any atom is 0.0372 e. The van der Waals surface area contributed by atoms with Crippen molar-refractivity contribution in [3.8, 4) is 0 Å². The molecule has 0 radical (unpaired) electrons. The molecule has 0 aromatic carbocycles. The van der Waals surface area contributed by atoms with Gasteiger partial charge in [-0.05, 0) is 50.4 Å². The van der Waals surface area contributed by atoms with Crippen LogP contribution < -0.4 is 5.73 Å². The third-order valence-electron chi connectivity index (χ3n) is 4.41. The van der Waals surface area contributed by atoms with Gasteiger partial charge in [-0.1, -0.05) is 25.8 Å². The first-order chi connectivity index (χ1) is 9.24. The van der Waals surface area contributed by atoms with Crippen molar-refractivity contribution in [3.05, 3.63) is 29.6 Å². The number of aromatic nitrogens is 1. The lowest BCUT2D eigenvalue weighted by Gasteiger charge is -2.39. The topological polar surface area (TPSA) is 42.2 Å². The smallest absolute Gasteiger partial charge is 0.0372 e. The molecule has 1 saturated carbocycles. The Bertz CT molecular complexity index is 374. The number of pyridine rings is 1. The molecule has 2 N–H and O–H groups in total. The minimum Gasteiger partial charge on any atom is -0.330 e. The quantitative estimate of drug-likeness (QED) is 0.886. The highest BCUT2D eigenvalue weighted by Crippen LogP contribution is 2.28. The Kier molecular flexibility index (Phi) is 5.34. The lowest BCUT2D eigenvalue weighted by molar-refractivity contribution is 0.105. The second-order valence-electron chi connectivity index (χ2n) is 5.72. The molecule has 1 aromatic rings. The van der Waals surface area contributed by atoms with Crippen LogP contribution in [-0.2, 0) is 6.54 Å². The summed E-state index contributed by atoms with van der Waals surface area (Å²) in [6.45, 7) is 7.21. The van der Waals surface area contributed by atoms with Crippen molar-refractivity contribution in [2.75, 3.05) is 13.1 Å². The van der Waals surface area contributed by atoms with Crippen LogP contribution in [-0.4, -0.2) is 29.0 Å². The number of nitrogens with zero attached hydrogens (tertiary/aromatic N) is 2. The molecule has 0 bridgehead atoms. The molecule has 0 spiro atoms. The first-order valence-electron chi connectivity index (χ1n) is 7.60. The molecule has 0 saturated heterocycles. The highest BCUT2D eigenvalue weighted by molar-refractivity contribution is 5.13. The van der Waals surface area contributed by atoms with Gasteiger partial charge < -0.3 is 5.73 Å². The fourth-order valence-electron chi connectivity index (χ4n) is 3.23. The molecule has 3 heteroatoms. The summed E-state index contributed by atoms with van der Waals surface area (Å²) in [6, 6.07) is 4.96. The number of rotatable bonds is 5. The molecule has 1 fully saturated rings. The zero-order valence-electron chi connectivity index (χ0n) is 12.3. The third-order valence-corrected chi connectivity index (χ3v) is 4.41. The molecule has 2 unspecified atom stereocenters. The lowest BCUT2D eigenvalue weighted by atomic mass is 9.83. The maximum absolute atomic E-state index is 5.96. The van der Waals surface area contributed by atoms with Crippen LogP contribution in [0, 0.1) is 12.8 Å². The number of nitrogens with two attached hydrogens (primary N) is 1. The Morgan fingerprint density at radius 2 is 2.11 bits per heavy atom. The summed E-state index contributed by atoms with van der Waals surface area (Å²) in [7, 11) is 0. The summed E-state index contributed by atoms with van der Waals surface area (Å²) in [5.74, 6) is 0.673. The zero-order chi connectivity index (χ0) is 13.7. The molecule has 0 amide bonds. The van der Waals surface area contributed by atoms with E-state index in [-0.39, 0.29) is 0 Å². The predicted octanol–water partition coefficient (Wildman–Crippen LogP) is 2.73. The van der Waals surface area contributed by atoms with Gasteiger partial charge in [-0.15, -0.1) is 0 Å². The summed E-state index contributed by atoms with van der Waals surface area (Å²) in [5, 5.41) is 0. The molecular weight excluding hydrogens is 234 g/mol. The van der Waals surface area contributed by atoms with E-state index >= 15 is 0 Å². The van der Waals surface area contributed by atoms with Crippen LogP contribution in [0.25, 0.3) is 0 Å². The molecule has 1 aliphatic rings. The van der Waals surface area contributed by atoms with Gasteiger partial charge in [-0.2, -0.15) is 0 Å². The van der Waals surface area contributed by atoms with Crippen molar-refractivity contribution < 1.29 is 0 Å². The first kappa shape index (κ1) is 14.5. The predicted molar refractivity (Wildman–Crippen MR) is 79.9 cm³/mol. The molecule has 3 nitrogen and oxygen atoms in total. The van der Waals surface area contributed by atoms with E-state index in [4.69, 9.17) is 5.73 Å². The van der Waals surface area contributed by atoms with Crippen LogP contribution in [0.5, 0.6) is 0 Å². The van der Waals surface area contributed by atoms with E-state index < -0.39 is 0 Å². The van der Waals surface area contributed by atoms with Gasteiger partial charge in [0, 0.05) is 24.5 Å². The molecular formula is C16H27N3. The molecule has 2 rings (SSSR count). The number of hydrogen-bond donors (Lipinski definition) is 1. The van der Waals surface area contributed by atoms with Crippen molar-refractivity contribution in [2.45, 2.75) is 52.1 Å². The number of hydrogen-bond acceptors (Lipinski definition) is 3. The standard InChI is InChI=1S/C16H27N3/c1-3-19(12-14-9-8-13(2)18-11-14)16-7-5-4-6-15(16)10-17/h8-9,11,15-16H,3-7,10,12,17H2,1-2H3. The van der Waals surface area contributed by atoms with Gasteiger partial charge in [-0.3, -0.25) is 9.88 Å². The Morgan fingerprint density at radius 3 is 2.74 bits per heavy atom. The summed E-state index contributed by atoms with van der Waals surface area (Å²) in [5.41, 5.74) is 8.36. The fourth-order valence-corrected chi connectivity index (χ4v) is 3.23.